The molecule has 0 saturated carbocycles. The molecule has 6 aromatic rings. The molecule has 6 heterocycles. The van der Waals surface area contributed by atoms with E-state index in [-0.39, 0.29) is 0 Å². The van der Waals surface area contributed by atoms with Crippen LogP contribution in [0.15, 0.2) is 60.1 Å². The first-order chi connectivity index (χ1) is 14.4. The van der Waals surface area contributed by atoms with E-state index in [1.807, 2.05) is 23.6 Å². The summed E-state index contributed by atoms with van der Waals surface area (Å²) in [5, 5.41) is 12.5. The fraction of sp³-hybridized carbons (Fsp3) is 0. The van der Waals surface area contributed by atoms with Gasteiger partial charge in [-0.25, -0.2) is 15.0 Å². The van der Waals surface area contributed by atoms with Gasteiger partial charge in [0, 0.05) is 40.5 Å². The summed E-state index contributed by atoms with van der Waals surface area (Å²) >= 11 is 1.64. The molecule has 0 spiro atoms. The Morgan fingerprint density at radius 1 is 0.897 bits per heavy atom. The highest BCUT2D eigenvalue weighted by molar-refractivity contribution is 7.08. The minimum absolute atomic E-state index is 0.678. The Kier molecular flexibility index (Phi) is 3.47. The van der Waals surface area contributed by atoms with Crippen LogP contribution >= 0.6 is 11.3 Å². The van der Waals surface area contributed by atoms with Crippen LogP contribution in [0.4, 0.5) is 0 Å². The topological polar surface area (TPSA) is 109 Å². The molecule has 8 nitrogen and oxygen atoms in total. The maximum atomic E-state index is 4.82. The Morgan fingerprint density at radius 2 is 1.83 bits per heavy atom. The van der Waals surface area contributed by atoms with Gasteiger partial charge in [-0.1, -0.05) is 0 Å². The number of hydrogen-bond acceptors (Lipinski definition) is 7. The molecule has 0 aliphatic carbocycles. The van der Waals surface area contributed by atoms with E-state index in [1.165, 1.54) is 6.33 Å². The van der Waals surface area contributed by atoms with Gasteiger partial charge in [0.05, 0.1) is 28.6 Å². The Hall–Kier alpha value is -3.98. The van der Waals surface area contributed by atoms with Gasteiger partial charge >= 0.3 is 0 Å². The van der Waals surface area contributed by atoms with Gasteiger partial charge in [0.15, 0.2) is 5.82 Å². The van der Waals surface area contributed by atoms with Crippen molar-refractivity contribution in [1.82, 2.24) is 40.1 Å². The van der Waals surface area contributed by atoms with Gasteiger partial charge in [-0.3, -0.25) is 15.1 Å². The van der Waals surface area contributed by atoms with Crippen molar-refractivity contribution in [2.45, 2.75) is 0 Å². The molecule has 6 rings (SSSR count). The fourth-order valence-electron chi connectivity index (χ4n) is 3.34. The number of imidazole rings is 1. The number of pyridine rings is 2. The smallest absolute Gasteiger partial charge is 0.159 e. The maximum Gasteiger partial charge on any atom is 0.159 e. The predicted octanol–water partition coefficient (Wildman–Crippen LogP) is 4.08. The van der Waals surface area contributed by atoms with Gasteiger partial charge in [-0.2, -0.15) is 16.4 Å². The molecule has 29 heavy (non-hydrogen) atoms. The zero-order valence-electron chi connectivity index (χ0n) is 14.9. The summed E-state index contributed by atoms with van der Waals surface area (Å²) in [5.74, 6) is 0.678. The molecular formula is C20H12N8S. The van der Waals surface area contributed by atoms with Gasteiger partial charge in [0.1, 0.15) is 17.5 Å². The number of nitrogens with one attached hydrogen (secondary N) is 2. The lowest BCUT2D eigenvalue weighted by molar-refractivity contribution is 1.10. The van der Waals surface area contributed by atoms with E-state index in [0.717, 1.165) is 50.1 Å². The van der Waals surface area contributed by atoms with Crippen molar-refractivity contribution in [3.8, 4) is 34.0 Å². The van der Waals surface area contributed by atoms with E-state index in [0.29, 0.717) is 5.82 Å². The van der Waals surface area contributed by atoms with Gasteiger partial charge in [-0.15, -0.1) is 0 Å². The van der Waals surface area contributed by atoms with E-state index in [4.69, 9.17) is 4.98 Å². The fourth-order valence-corrected chi connectivity index (χ4v) is 3.98. The minimum atomic E-state index is 0.678. The molecule has 0 aliphatic rings. The maximum absolute atomic E-state index is 4.82. The molecule has 0 fully saturated rings. The van der Waals surface area contributed by atoms with Crippen LogP contribution in [0, 0.1) is 0 Å². The van der Waals surface area contributed by atoms with Crippen LogP contribution in [-0.4, -0.2) is 40.1 Å². The Labute approximate surface area is 167 Å². The average molecular weight is 396 g/mol. The Morgan fingerprint density at radius 3 is 2.69 bits per heavy atom. The van der Waals surface area contributed by atoms with Crippen molar-refractivity contribution in [2.24, 2.45) is 0 Å². The molecule has 2 N–H and O–H groups in total. The zero-order valence-corrected chi connectivity index (χ0v) is 15.7. The van der Waals surface area contributed by atoms with Crippen LogP contribution in [0.1, 0.15) is 0 Å². The van der Waals surface area contributed by atoms with Crippen LogP contribution < -0.4 is 0 Å². The number of rotatable bonds is 3. The summed E-state index contributed by atoms with van der Waals surface area (Å²) in [6.45, 7) is 0. The second kappa shape index (κ2) is 6.28. The normalized spacial score (nSPS) is 11.4. The van der Waals surface area contributed by atoms with Gasteiger partial charge < -0.3 is 4.98 Å². The number of fused-ring (bicyclic) bond motifs is 2. The first-order valence-corrected chi connectivity index (χ1v) is 9.78. The molecule has 138 valence electrons. The molecule has 0 aliphatic heterocycles. The van der Waals surface area contributed by atoms with E-state index < -0.39 is 0 Å². The lowest BCUT2D eigenvalue weighted by Gasteiger charge is -2.00. The van der Waals surface area contributed by atoms with Gasteiger partial charge in [-0.05, 0) is 23.6 Å². The van der Waals surface area contributed by atoms with Crippen molar-refractivity contribution < 1.29 is 0 Å². The highest BCUT2D eigenvalue weighted by Gasteiger charge is 2.16. The number of nitrogens with zero attached hydrogens (tertiary/aromatic N) is 6. The molecule has 0 aromatic carbocycles. The van der Waals surface area contributed by atoms with Crippen LogP contribution in [-0.2, 0) is 0 Å². The molecule has 9 heteroatoms. The number of H-pyrrole nitrogens is 2. The summed E-state index contributed by atoms with van der Waals surface area (Å²) in [7, 11) is 0. The second-order valence-corrected chi connectivity index (χ2v) is 7.25. The van der Waals surface area contributed by atoms with Crippen LogP contribution in [0.25, 0.3) is 56.0 Å². The largest absolute Gasteiger partial charge is 0.336 e. The van der Waals surface area contributed by atoms with E-state index in [2.05, 4.69) is 40.5 Å². The average Bonchev–Trinajstić information content (AvgIpc) is 3.52. The van der Waals surface area contributed by atoms with Gasteiger partial charge in [0.25, 0.3) is 0 Å². The van der Waals surface area contributed by atoms with Gasteiger partial charge in [0.2, 0.25) is 0 Å². The minimum Gasteiger partial charge on any atom is -0.336 e. The summed E-state index contributed by atoms with van der Waals surface area (Å²) < 4.78 is 0. The molecule has 0 atom stereocenters. The predicted molar refractivity (Wildman–Crippen MR) is 111 cm³/mol. The Balaban J connectivity index is 1.53. The molecule has 0 bridgehead atoms. The molecule has 0 unspecified atom stereocenters. The zero-order chi connectivity index (χ0) is 19.2. The van der Waals surface area contributed by atoms with E-state index in [1.54, 1.807) is 36.1 Å². The van der Waals surface area contributed by atoms with Crippen molar-refractivity contribution in [3.63, 3.8) is 0 Å². The molecule has 0 amide bonds. The number of aromatic nitrogens is 8. The third-order valence-electron chi connectivity index (χ3n) is 4.72. The van der Waals surface area contributed by atoms with Crippen LogP contribution in [0.5, 0.6) is 0 Å². The highest BCUT2D eigenvalue weighted by Crippen LogP contribution is 2.31. The summed E-state index contributed by atoms with van der Waals surface area (Å²) in [4.78, 5) is 25.4. The number of aromatic amines is 2. The van der Waals surface area contributed by atoms with Crippen molar-refractivity contribution in [3.05, 3.63) is 60.1 Å². The number of thiophene rings is 1. The summed E-state index contributed by atoms with van der Waals surface area (Å²) in [5.41, 5.74) is 6.83. The molecule has 6 aromatic heterocycles. The lowest BCUT2D eigenvalue weighted by Crippen LogP contribution is -1.87. The monoisotopic (exact) mass is 396 g/mol. The number of hydrogen-bond donors (Lipinski definition) is 2. The molecule has 0 radical (unpaired) electrons. The third kappa shape index (κ3) is 2.59. The SMILES string of the molecule is c1ncc(-c2cc3c(-c4nc5c(-c6ccsc6)nccc5[nH]4)n[nH]c3cn2)cn1. The molecule has 0 saturated heterocycles. The Bertz CT molecular complexity index is 1450. The summed E-state index contributed by atoms with van der Waals surface area (Å²) in [6.07, 6.45) is 8.52. The van der Waals surface area contributed by atoms with E-state index in [9.17, 15) is 0 Å². The quantitative estimate of drug-likeness (QED) is 0.466. The first kappa shape index (κ1) is 16.0. The van der Waals surface area contributed by atoms with Crippen LogP contribution in [0.3, 0.4) is 0 Å². The molecular weight excluding hydrogens is 384 g/mol. The standard InChI is InChI=1S/C20H12N8S/c1-3-23-17(11-2-4-29-9-11)19-14(1)25-20(26-19)18-13-5-15(12-6-21-10-22-7-12)24-8-16(13)27-28-18/h1-10H,(H,25,26)(H,27,28). The summed E-state index contributed by atoms with van der Waals surface area (Å²) in [6, 6.07) is 5.94. The second-order valence-electron chi connectivity index (χ2n) is 6.47. The van der Waals surface area contributed by atoms with Crippen molar-refractivity contribution >= 4 is 33.3 Å². The third-order valence-corrected chi connectivity index (χ3v) is 5.41. The lowest BCUT2D eigenvalue weighted by atomic mass is 10.1. The van der Waals surface area contributed by atoms with Crippen molar-refractivity contribution in [1.29, 1.82) is 0 Å². The van der Waals surface area contributed by atoms with Crippen molar-refractivity contribution in [2.75, 3.05) is 0 Å². The van der Waals surface area contributed by atoms with Crippen LogP contribution in [0.2, 0.25) is 0 Å². The van der Waals surface area contributed by atoms with E-state index >= 15 is 0 Å². The highest BCUT2D eigenvalue weighted by atomic mass is 32.1. The first-order valence-electron chi connectivity index (χ1n) is 8.84.